The van der Waals surface area contributed by atoms with Gasteiger partial charge in [0.25, 0.3) is 5.91 Å². The lowest BCUT2D eigenvalue weighted by atomic mass is 10.3. The highest BCUT2D eigenvalue weighted by atomic mass is 16.2. The van der Waals surface area contributed by atoms with Gasteiger partial charge in [0, 0.05) is 51.1 Å². The van der Waals surface area contributed by atoms with E-state index in [1.807, 2.05) is 30.3 Å². The van der Waals surface area contributed by atoms with Crippen molar-refractivity contribution < 1.29 is 9.59 Å². The van der Waals surface area contributed by atoms with E-state index in [-0.39, 0.29) is 11.8 Å². The van der Waals surface area contributed by atoms with Crippen LogP contribution in [0.1, 0.15) is 23.8 Å². The normalized spacial score (nSPS) is 13.9. The number of amides is 2. The first-order valence-corrected chi connectivity index (χ1v) is 9.92. The minimum atomic E-state index is -0.162. The van der Waals surface area contributed by atoms with Crippen LogP contribution < -0.4 is 10.2 Å². The van der Waals surface area contributed by atoms with Gasteiger partial charge in [0.05, 0.1) is 5.69 Å². The second-order valence-electron chi connectivity index (χ2n) is 6.89. The quantitative estimate of drug-likeness (QED) is 0.697. The van der Waals surface area contributed by atoms with Crippen molar-refractivity contribution >= 4 is 23.6 Å². The van der Waals surface area contributed by atoms with Crippen LogP contribution in [-0.4, -0.2) is 62.6 Å². The van der Waals surface area contributed by atoms with Gasteiger partial charge >= 0.3 is 0 Å². The Hall–Kier alpha value is -3.75. The third-order valence-electron chi connectivity index (χ3n) is 4.92. The second kappa shape index (κ2) is 8.73. The van der Waals surface area contributed by atoms with Gasteiger partial charge in [-0.2, -0.15) is 5.10 Å². The zero-order valence-corrected chi connectivity index (χ0v) is 16.7. The lowest BCUT2D eigenvalue weighted by molar-refractivity contribution is -0.115. The molecule has 1 aliphatic rings. The third kappa shape index (κ3) is 4.14. The molecule has 9 heteroatoms. The highest BCUT2D eigenvalue weighted by molar-refractivity contribution is 5.95. The molecule has 1 N–H and O–H groups in total. The van der Waals surface area contributed by atoms with E-state index in [1.54, 1.807) is 41.0 Å². The zero-order chi connectivity index (χ0) is 20.9. The Morgan fingerprint density at radius 3 is 2.37 bits per heavy atom. The SMILES string of the molecule is CCC(=O)Nc1cc(C(=O)N2CCN(c3ncccn3)CC2)nn1-c1ccccc1. The fourth-order valence-corrected chi connectivity index (χ4v) is 3.30. The van der Waals surface area contributed by atoms with E-state index in [4.69, 9.17) is 0 Å². The molecule has 0 saturated carbocycles. The number of piperazine rings is 1. The first-order chi connectivity index (χ1) is 14.7. The summed E-state index contributed by atoms with van der Waals surface area (Å²) in [5, 5.41) is 7.32. The number of para-hydroxylation sites is 1. The Balaban J connectivity index is 1.52. The van der Waals surface area contributed by atoms with Crippen LogP contribution in [0.4, 0.5) is 11.8 Å². The lowest BCUT2D eigenvalue weighted by Crippen LogP contribution is -2.49. The van der Waals surface area contributed by atoms with E-state index < -0.39 is 0 Å². The van der Waals surface area contributed by atoms with E-state index in [1.165, 1.54) is 0 Å². The number of rotatable bonds is 5. The summed E-state index contributed by atoms with van der Waals surface area (Å²) in [4.78, 5) is 37.4. The molecule has 30 heavy (non-hydrogen) atoms. The minimum Gasteiger partial charge on any atom is -0.337 e. The summed E-state index contributed by atoms with van der Waals surface area (Å²) in [6.45, 7) is 4.17. The van der Waals surface area contributed by atoms with Crippen LogP contribution in [0.5, 0.6) is 0 Å². The van der Waals surface area contributed by atoms with Crippen LogP contribution in [0.15, 0.2) is 54.9 Å². The van der Waals surface area contributed by atoms with Crippen molar-refractivity contribution in [2.24, 2.45) is 0 Å². The van der Waals surface area contributed by atoms with E-state index in [0.717, 1.165) is 5.69 Å². The molecule has 0 spiro atoms. The zero-order valence-electron chi connectivity index (χ0n) is 16.7. The maximum atomic E-state index is 13.1. The van der Waals surface area contributed by atoms with Gasteiger partial charge in [-0.1, -0.05) is 25.1 Å². The van der Waals surface area contributed by atoms with Crippen molar-refractivity contribution in [1.82, 2.24) is 24.6 Å². The fourth-order valence-electron chi connectivity index (χ4n) is 3.30. The summed E-state index contributed by atoms with van der Waals surface area (Å²) in [6, 6.07) is 12.8. The van der Waals surface area contributed by atoms with Gasteiger partial charge in [-0.05, 0) is 18.2 Å². The predicted octanol–water partition coefficient (Wildman–Crippen LogP) is 1.97. The summed E-state index contributed by atoms with van der Waals surface area (Å²) in [6.07, 6.45) is 3.76. The number of anilines is 2. The van der Waals surface area contributed by atoms with Gasteiger partial charge in [0.15, 0.2) is 5.69 Å². The highest BCUT2D eigenvalue weighted by Crippen LogP contribution is 2.20. The Morgan fingerprint density at radius 2 is 1.70 bits per heavy atom. The molecule has 2 amide bonds. The molecule has 3 heterocycles. The molecule has 0 atom stereocenters. The summed E-state index contributed by atoms with van der Waals surface area (Å²) < 4.78 is 1.59. The van der Waals surface area contributed by atoms with Crippen molar-refractivity contribution in [2.75, 3.05) is 36.4 Å². The fraction of sp³-hybridized carbons (Fsp3) is 0.286. The van der Waals surface area contributed by atoms with E-state index in [2.05, 4.69) is 25.3 Å². The van der Waals surface area contributed by atoms with Gasteiger partial charge in [0.1, 0.15) is 5.82 Å². The van der Waals surface area contributed by atoms with Crippen LogP contribution in [0.25, 0.3) is 5.69 Å². The Morgan fingerprint density at radius 1 is 1.00 bits per heavy atom. The van der Waals surface area contributed by atoms with Crippen LogP contribution in [0.2, 0.25) is 0 Å². The molecule has 1 saturated heterocycles. The molecular formula is C21H23N7O2. The first-order valence-electron chi connectivity index (χ1n) is 9.92. The Labute approximate surface area is 174 Å². The molecular weight excluding hydrogens is 382 g/mol. The minimum absolute atomic E-state index is 0.137. The van der Waals surface area contributed by atoms with Crippen molar-refractivity contribution in [2.45, 2.75) is 13.3 Å². The van der Waals surface area contributed by atoms with Crippen molar-refractivity contribution in [3.05, 3.63) is 60.6 Å². The van der Waals surface area contributed by atoms with Gasteiger partial charge in [-0.15, -0.1) is 0 Å². The molecule has 0 unspecified atom stereocenters. The van der Waals surface area contributed by atoms with E-state index >= 15 is 0 Å². The van der Waals surface area contributed by atoms with Crippen molar-refractivity contribution in [1.29, 1.82) is 0 Å². The Bertz CT molecular complexity index is 1010. The number of carbonyl (C=O) groups is 2. The largest absolute Gasteiger partial charge is 0.337 e. The molecule has 2 aromatic heterocycles. The third-order valence-corrected chi connectivity index (χ3v) is 4.92. The summed E-state index contributed by atoms with van der Waals surface area (Å²) >= 11 is 0. The molecule has 0 bridgehead atoms. The van der Waals surface area contributed by atoms with Gasteiger partial charge in [0.2, 0.25) is 11.9 Å². The van der Waals surface area contributed by atoms with Gasteiger partial charge < -0.3 is 15.1 Å². The molecule has 1 aliphatic heterocycles. The van der Waals surface area contributed by atoms with Gasteiger partial charge in [-0.25, -0.2) is 14.6 Å². The number of aromatic nitrogens is 4. The molecule has 1 fully saturated rings. The molecule has 1 aromatic carbocycles. The van der Waals surface area contributed by atoms with Gasteiger partial charge in [-0.3, -0.25) is 9.59 Å². The number of nitrogens with zero attached hydrogens (tertiary/aromatic N) is 6. The average molecular weight is 405 g/mol. The molecule has 154 valence electrons. The van der Waals surface area contributed by atoms with E-state index in [9.17, 15) is 9.59 Å². The van der Waals surface area contributed by atoms with Crippen molar-refractivity contribution in [3.63, 3.8) is 0 Å². The first kappa shape index (κ1) is 19.6. The second-order valence-corrected chi connectivity index (χ2v) is 6.89. The number of carbonyl (C=O) groups excluding carboxylic acids is 2. The predicted molar refractivity (Wildman–Crippen MR) is 113 cm³/mol. The van der Waals surface area contributed by atoms with Crippen molar-refractivity contribution in [3.8, 4) is 5.69 Å². The van der Waals surface area contributed by atoms with Crippen LogP contribution >= 0.6 is 0 Å². The lowest BCUT2D eigenvalue weighted by Gasteiger charge is -2.34. The van der Waals surface area contributed by atoms with Crippen LogP contribution in [0.3, 0.4) is 0 Å². The summed E-state index contributed by atoms with van der Waals surface area (Å²) in [7, 11) is 0. The maximum Gasteiger partial charge on any atom is 0.274 e. The van der Waals surface area contributed by atoms with Crippen LogP contribution in [0, 0.1) is 0 Å². The topological polar surface area (TPSA) is 96.2 Å². The number of benzene rings is 1. The maximum absolute atomic E-state index is 13.1. The number of hydrogen-bond donors (Lipinski definition) is 1. The number of nitrogens with one attached hydrogen (secondary N) is 1. The smallest absolute Gasteiger partial charge is 0.274 e. The molecule has 9 nitrogen and oxygen atoms in total. The monoisotopic (exact) mass is 405 g/mol. The number of hydrogen-bond acceptors (Lipinski definition) is 6. The Kier molecular flexibility index (Phi) is 5.69. The van der Waals surface area contributed by atoms with E-state index in [0.29, 0.717) is 50.1 Å². The molecule has 4 rings (SSSR count). The summed E-state index contributed by atoms with van der Waals surface area (Å²) in [5.41, 5.74) is 1.07. The molecule has 0 radical (unpaired) electrons. The molecule has 3 aromatic rings. The summed E-state index contributed by atoms with van der Waals surface area (Å²) in [5.74, 6) is 0.850. The average Bonchev–Trinajstić information content (AvgIpc) is 3.23. The standard InChI is InChI=1S/C21H23N7O2/c1-2-19(29)24-18-15-17(25-28(18)16-7-4-3-5-8-16)20(30)26-11-13-27(14-12-26)21-22-9-6-10-23-21/h3-10,15H,2,11-14H2,1H3,(H,24,29). The molecule has 0 aliphatic carbocycles. The highest BCUT2D eigenvalue weighted by Gasteiger charge is 2.26. The van der Waals surface area contributed by atoms with Crippen LogP contribution in [-0.2, 0) is 4.79 Å².